The molecule has 0 aromatic heterocycles. The minimum Gasteiger partial charge on any atom is -0.627 e. The van der Waals surface area contributed by atoms with Crippen molar-refractivity contribution in [3.8, 4) is 0 Å². The summed E-state index contributed by atoms with van der Waals surface area (Å²) in [5.74, 6) is -0.160. The van der Waals surface area contributed by atoms with Crippen molar-refractivity contribution in [1.29, 1.82) is 0 Å². The van der Waals surface area contributed by atoms with Crippen molar-refractivity contribution in [3.63, 3.8) is 0 Å². The minimum absolute atomic E-state index is 0.160. The average Bonchev–Trinajstić information content (AvgIpc) is 2.36. The second-order valence-corrected chi connectivity index (χ2v) is 5.62. The number of quaternary nitrogens is 1. The maximum Gasteiger partial charge on any atom is 0.312 e. The van der Waals surface area contributed by atoms with E-state index >= 15 is 0 Å². The van der Waals surface area contributed by atoms with Gasteiger partial charge in [0.1, 0.15) is 0 Å². The number of nitrogens with one attached hydrogen (secondary N) is 1. The highest BCUT2D eigenvalue weighted by molar-refractivity contribution is 5.66. The molecule has 0 aromatic carbocycles. The Hall–Kier alpha value is -0.450. The zero-order valence-electron chi connectivity index (χ0n) is 13.0. The summed E-state index contributed by atoms with van der Waals surface area (Å²) < 4.78 is 0. The first-order valence-corrected chi connectivity index (χ1v) is 7.78. The Morgan fingerprint density at radius 2 is 1.58 bits per heavy atom. The maximum atomic E-state index is 11.6. The molecule has 0 heterocycles. The van der Waals surface area contributed by atoms with Gasteiger partial charge >= 0.3 is 5.91 Å². The molecule has 4 nitrogen and oxygen atoms in total. The Balaban J connectivity index is 3.41. The summed E-state index contributed by atoms with van der Waals surface area (Å²) in [6.07, 6.45) is 9.53. The molecular formula is C15H32N2O2. The summed E-state index contributed by atoms with van der Waals surface area (Å²) in [5, 5.41) is 11.4. The number of nitrogens with zero attached hydrogens (tertiary/aromatic N) is 1. The van der Waals surface area contributed by atoms with Crippen LogP contribution in [-0.2, 0) is 4.79 Å². The van der Waals surface area contributed by atoms with Gasteiger partial charge in [-0.2, -0.15) is 0 Å². The molecule has 1 unspecified atom stereocenters. The first kappa shape index (κ1) is 18.6. The zero-order chi connectivity index (χ0) is 14.5. The van der Waals surface area contributed by atoms with Crippen molar-refractivity contribution in [2.24, 2.45) is 0 Å². The van der Waals surface area contributed by atoms with Crippen LogP contribution in [0.25, 0.3) is 0 Å². The lowest BCUT2D eigenvalue weighted by molar-refractivity contribution is -0.765. The van der Waals surface area contributed by atoms with Gasteiger partial charge in [0.2, 0.25) is 0 Å². The van der Waals surface area contributed by atoms with Crippen molar-refractivity contribution in [2.75, 3.05) is 27.2 Å². The number of unbranched alkanes of at least 4 members (excludes halogenated alkanes) is 6. The Morgan fingerprint density at radius 3 is 2.16 bits per heavy atom. The summed E-state index contributed by atoms with van der Waals surface area (Å²) in [5.41, 5.74) is 0. The number of carbonyl (C=O) groups excluding carboxylic acids is 1. The second kappa shape index (κ2) is 12.6. The molecule has 1 atom stereocenters. The largest absolute Gasteiger partial charge is 0.627 e. The number of hydrogen-bond acceptors (Lipinski definition) is 3. The van der Waals surface area contributed by atoms with E-state index in [0.717, 1.165) is 25.8 Å². The van der Waals surface area contributed by atoms with Crippen LogP contribution in [0.2, 0.25) is 0 Å². The first-order valence-electron chi connectivity index (χ1n) is 7.78. The van der Waals surface area contributed by atoms with E-state index in [1.54, 1.807) is 0 Å². The molecular weight excluding hydrogens is 240 g/mol. The third-order valence-electron chi connectivity index (χ3n) is 3.33. The van der Waals surface area contributed by atoms with Crippen molar-refractivity contribution in [3.05, 3.63) is 5.21 Å². The minimum atomic E-state index is -0.173. The van der Waals surface area contributed by atoms with Gasteiger partial charge in [0.15, 0.2) is 0 Å². The standard InChI is InChI=1S/C15H32N2O2/c1-4-5-6-7-8-9-10-12-15(18)17(19)14-11-13-16(2)3/h17H,4-14H2,1-3H3. The first-order chi connectivity index (χ1) is 9.07. The molecule has 0 bridgehead atoms. The van der Waals surface area contributed by atoms with Crippen molar-refractivity contribution >= 4 is 5.91 Å². The van der Waals surface area contributed by atoms with E-state index in [9.17, 15) is 10.0 Å². The lowest BCUT2D eigenvalue weighted by Crippen LogP contribution is -3.10. The molecule has 0 saturated heterocycles. The van der Waals surface area contributed by atoms with E-state index in [1.165, 1.54) is 32.1 Å². The predicted molar refractivity (Wildman–Crippen MR) is 80.0 cm³/mol. The zero-order valence-corrected chi connectivity index (χ0v) is 13.0. The molecule has 0 spiro atoms. The molecule has 0 fully saturated rings. The molecule has 0 aromatic rings. The molecule has 19 heavy (non-hydrogen) atoms. The van der Waals surface area contributed by atoms with Gasteiger partial charge in [-0.3, -0.25) is 0 Å². The van der Waals surface area contributed by atoms with E-state index in [0.29, 0.717) is 13.0 Å². The van der Waals surface area contributed by atoms with Crippen LogP contribution in [-0.4, -0.2) is 38.0 Å². The van der Waals surface area contributed by atoms with Gasteiger partial charge in [-0.25, -0.2) is 4.79 Å². The number of hydrogen-bond donors (Lipinski definition) is 1. The smallest absolute Gasteiger partial charge is 0.312 e. The number of amides is 1. The number of hydroxylamine groups is 2. The average molecular weight is 272 g/mol. The fourth-order valence-electron chi connectivity index (χ4n) is 2.08. The molecule has 0 aliphatic rings. The van der Waals surface area contributed by atoms with Crippen molar-refractivity contribution in [1.82, 2.24) is 4.90 Å². The van der Waals surface area contributed by atoms with Gasteiger partial charge in [0, 0.05) is 13.0 Å². The van der Waals surface area contributed by atoms with Gasteiger partial charge in [-0.05, 0) is 20.5 Å². The number of carbonyl (C=O) groups is 1. The SMILES string of the molecule is CCCCCCCCCC(=O)[NH+]([O-])CCCN(C)C. The Morgan fingerprint density at radius 1 is 1.00 bits per heavy atom. The molecule has 1 amide bonds. The highest BCUT2D eigenvalue weighted by atomic mass is 16.5. The van der Waals surface area contributed by atoms with Crippen LogP contribution >= 0.6 is 0 Å². The van der Waals surface area contributed by atoms with E-state index in [1.807, 2.05) is 19.0 Å². The molecule has 0 aliphatic heterocycles. The fourth-order valence-corrected chi connectivity index (χ4v) is 2.08. The predicted octanol–water partition coefficient (Wildman–Crippen LogP) is 1.99. The monoisotopic (exact) mass is 272 g/mol. The topological polar surface area (TPSA) is 47.8 Å². The molecule has 4 heteroatoms. The Kier molecular flexibility index (Phi) is 12.3. The van der Waals surface area contributed by atoms with Gasteiger partial charge < -0.3 is 15.2 Å². The van der Waals surface area contributed by atoms with Gasteiger partial charge in [0.25, 0.3) is 0 Å². The van der Waals surface area contributed by atoms with Crippen LogP contribution in [0.4, 0.5) is 0 Å². The molecule has 0 radical (unpaired) electrons. The molecule has 0 aliphatic carbocycles. The Labute approximate surface area is 118 Å². The summed E-state index contributed by atoms with van der Waals surface area (Å²) in [7, 11) is 3.95. The van der Waals surface area contributed by atoms with Crippen LogP contribution in [0, 0.1) is 5.21 Å². The highest BCUT2D eigenvalue weighted by Crippen LogP contribution is 2.07. The fraction of sp³-hybridized carbons (Fsp3) is 0.933. The van der Waals surface area contributed by atoms with Crippen LogP contribution in [0.5, 0.6) is 0 Å². The van der Waals surface area contributed by atoms with E-state index in [4.69, 9.17) is 0 Å². The summed E-state index contributed by atoms with van der Waals surface area (Å²) >= 11 is 0. The third kappa shape index (κ3) is 12.3. The van der Waals surface area contributed by atoms with E-state index in [-0.39, 0.29) is 11.0 Å². The molecule has 0 saturated carbocycles. The van der Waals surface area contributed by atoms with Gasteiger partial charge in [-0.15, -0.1) is 0 Å². The lowest BCUT2D eigenvalue weighted by atomic mass is 10.1. The lowest BCUT2D eigenvalue weighted by Gasteiger charge is -2.20. The van der Waals surface area contributed by atoms with Crippen molar-refractivity contribution < 1.29 is 9.86 Å². The van der Waals surface area contributed by atoms with Crippen LogP contribution in [0.15, 0.2) is 0 Å². The third-order valence-corrected chi connectivity index (χ3v) is 3.33. The quantitative estimate of drug-likeness (QED) is 0.436. The van der Waals surface area contributed by atoms with Crippen LogP contribution in [0.1, 0.15) is 64.7 Å². The Bertz CT molecular complexity index is 220. The maximum absolute atomic E-state index is 11.6. The normalized spacial score (nSPS) is 12.9. The highest BCUT2D eigenvalue weighted by Gasteiger charge is 2.10. The van der Waals surface area contributed by atoms with Gasteiger partial charge in [0.05, 0.1) is 13.0 Å². The van der Waals surface area contributed by atoms with Crippen LogP contribution in [0.3, 0.4) is 0 Å². The molecule has 114 valence electrons. The summed E-state index contributed by atoms with van der Waals surface area (Å²) in [6.45, 7) is 3.49. The number of rotatable bonds is 12. The van der Waals surface area contributed by atoms with E-state index in [2.05, 4.69) is 6.92 Å². The van der Waals surface area contributed by atoms with E-state index < -0.39 is 0 Å². The van der Waals surface area contributed by atoms with Crippen molar-refractivity contribution in [2.45, 2.75) is 64.7 Å². The second-order valence-electron chi connectivity index (χ2n) is 5.62. The summed E-state index contributed by atoms with van der Waals surface area (Å²) in [6, 6.07) is 0. The molecule has 1 N–H and O–H groups in total. The van der Waals surface area contributed by atoms with Gasteiger partial charge in [-0.1, -0.05) is 45.4 Å². The summed E-state index contributed by atoms with van der Waals surface area (Å²) in [4.78, 5) is 13.6. The van der Waals surface area contributed by atoms with Crippen LogP contribution < -0.4 is 5.06 Å². The molecule has 0 rings (SSSR count).